The van der Waals surface area contributed by atoms with Crippen LogP contribution >= 0.6 is 0 Å². The van der Waals surface area contributed by atoms with Crippen LogP contribution in [-0.2, 0) is 11.3 Å². The van der Waals surface area contributed by atoms with Crippen molar-refractivity contribution in [2.75, 3.05) is 6.61 Å². The normalized spacial score (nSPS) is 11.0. The lowest BCUT2D eigenvalue weighted by atomic mass is 10.1. The lowest BCUT2D eigenvalue weighted by Gasteiger charge is -1.98. The lowest BCUT2D eigenvalue weighted by Crippen LogP contribution is -1.89. The van der Waals surface area contributed by atoms with Gasteiger partial charge >= 0.3 is 0 Å². The number of aryl methyl sites for hydroxylation is 1. The smallest absolute Gasteiger partial charge is 0.134 e. The average molecular weight is 190 g/mol. The third-order valence-corrected chi connectivity index (χ3v) is 2.27. The van der Waals surface area contributed by atoms with E-state index in [0.29, 0.717) is 6.61 Å². The highest BCUT2D eigenvalue weighted by Crippen LogP contribution is 2.22. The monoisotopic (exact) mass is 190 g/mol. The van der Waals surface area contributed by atoms with Gasteiger partial charge in [0.05, 0.1) is 12.9 Å². The van der Waals surface area contributed by atoms with Crippen molar-refractivity contribution in [1.29, 1.82) is 0 Å². The lowest BCUT2D eigenvalue weighted by molar-refractivity contribution is 0.134. The Bertz CT molecular complexity index is 429. The van der Waals surface area contributed by atoms with E-state index in [1.807, 2.05) is 13.0 Å². The molecule has 0 amide bonds. The van der Waals surface area contributed by atoms with Crippen LogP contribution in [0.5, 0.6) is 0 Å². The number of benzene rings is 1. The van der Waals surface area contributed by atoms with Crippen molar-refractivity contribution in [3.63, 3.8) is 0 Å². The Hall–Kier alpha value is -1.28. The van der Waals surface area contributed by atoms with Crippen LogP contribution in [0.25, 0.3) is 11.0 Å². The molecular formula is C12H14O2. The summed E-state index contributed by atoms with van der Waals surface area (Å²) in [5.74, 6) is 0. The SMILES string of the molecule is CCOCc1coc2cc(C)ccc12. The van der Waals surface area contributed by atoms with Crippen LogP contribution < -0.4 is 0 Å². The van der Waals surface area contributed by atoms with Gasteiger partial charge in [0.1, 0.15) is 5.58 Å². The molecule has 0 aliphatic carbocycles. The van der Waals surface area contributed by atoms with Crippen molar-refractivity contribution in [3.8, 4) is 0 Å². The number of rotatable bonds is 3. The first-order valence-electron chi connectivity index (χ1n) is 4.85. The van der Waals surface area contributed by atoms with Crippen LogP contribution in [0.2, 0.25) is 0 Å². The number of hydrogen-bond donors (Lipinski definition) is 0. The molecule has 1 aromatic heterocycles. The van der Waals surface area contributed by atoms with Crippen LogP contribution in [0.4, 0.5) is 0 Å². The molecule has 0 unspecified atom stereocenters. The Kier molecular flexibility index (Phi) is 2.55. The molecule has 0 saturated carbocycles. The zero-order valence-electron chi connectivity index (χ0n) is 8.54. The summed E-state index contributed by atoms with van der Waals surface area (Å²) in [5.41, 5.74) is 3.29. The Labute approximate surface area is 83.5 Å². The van der Waals surface area contributed by atoms with Gasteiger partial charge in [0.25, 0.3) is 0 Å². The molecule has 1 aromatic carbocycles. The molecule has 2 heteroatoms. The summed E-state index contributed by atoms with van der Waals surface area (Å²) < 4.78 is 10.8. The van der Waals surface area contributed by atoms with Crippen molar-refractivity contribution in [2.24, 2.45) is 0 Å². The third kappa shape index (κ3) is 1.66. The zero-order valence-corrected chi connectivity index (χ0v) is 8.54. The summed E-state index contributed by atoms with van der Waals surface area (Å²) in [7, 11) is 0. The van der Waals surface area contributed by atoms with Gasteiger partial charge in [-0.3, -0.25) is 0 Å². The molecule has 0 fully saturated rings. The molecular weight excluding hydrogens is 176 g/mol. The fourth-order valence-electron chi connectivity index (χ4n) is 1.51. The van der Waals surface area contributed by atoms with E-state index in [0.717, 1.165) is 23.1 Å². The molecule has 0 spiro atoms. The van der Waals surface area contributed by atoms with E-state index in [4.69, 9.17) is 9.15 Å². The minimum Gasteiger partial charge on any atom is -0.464 e. The van der Waals surface area contributed by atoms with Gasteiger partial charge < -0.3 is 9.15 Å². The average Bonchev–Trinajstić information content (AvgIpc) is 2.57. The molecule has 0 atom stereocenters. The van der Waals surface area contributed by atoms with E-state index in [1.165, 1.54) is 5.56 Å². The van der Waals surface area contributed by atoms with Crippen molar-refractivity contribution in [3.05, 3.63) is 35.6 Å². The number of ether oxygens (including phenoxy) is 1. The molecule has 74 valence electrons. The highest BCUT2D eigenvalue weighted by Gasteiger charge is 2.04. The van der Waals surface area contributed by atoms with Crippen molar-refractivity contribution in [1.82, 2.24) is 0 Å². The standard InChI is InChI=1S/C12H14O2/c1-3-13-7-10-8-14-12-6-9(2)4-5-11(10)12/h4-6,8H,3,7H2,1-2H3. The van der Waals surface area contributed by atoms with Crippen LogP contribution in [0.15, 0.2) is 28.9 Å². The highest BCUT2D eigenvalue weighted by molar-refractivity contribution is 5.81. The van der Waals surface area contributed by atoms with E-state index in [9.17, 15) is 0 Å². The molecule has 14 heavy (non-hydrogen) atoms. The second kappa shape index (κ2) is 3.84. The van der Waals surface area contributed by atoms with Gasteiger partial charge in [-0.2, -0.15) is 0 Å². The highest BCUT2D eigenvalue weighted by atomic mass is 16.5. The first-order chi connectivity index (χ1) is 6.81. The van der Waals surface area contributed by atoms with Crippen molar-refractivity contribution >= 4 is 11.0 Å². The second-order valence-electron chi connectivity index (χ2n) is 3.40. The molecule has 0 aliphatic heterocycles. The molecule has 1 heterocycles. The quantitative estimate of drug-likeness (QED) is 0.741. The Morgan fingerprint density at radius 1 is 1.36 bits per heavy atom. The molecule has 0 saturated heterocycles. The van der Waals surface area contributed by atoms with Crippen molar-refractivity contribution in [2.45, 2.75) is 20.5 Å². The maximum absolute atomic E-state index is 5.45. The van der Waals surface area contributed by atoms with Gasteiger partial charge in [-0.05, 0) is 25.5 Å². The largest absolute Gasteiger partial charge is 0.464 e. The molecule has 2 aromatic rings. The molecule has 0 N–H and O–H groups in total. The van der Waals surface area contributed by atoms with Gasteiger partial charge in [-0.1, -0.05) is 12.1 Å². The fourth-order valence-corrected chi connectivity index (χ4v) is 1.51. The van der Waals surface area contributed by atoms with E-state index in [2.05, 4.69) is 19.1 Å². The Morgan fingerprint density at radius 2 is 2.21 bits per heavy atom. The maximum atomic E-state index is 5.45. The zero-order chi connectivity index (χ0) is 9.97. The first kappa shape index (κ1) is 9.28. The first-order valence-corrected chi connectivity index (χ1v) is 4.85. The topological polar surface area (TPSA) is 22.4 Å². The van der Waals surface area contributed by atoms with Crippen LogP contribution in [0.3, 0.4) is 0 Å². The molecule has 2 rings (SSSR count). The molecule has 0 aliphatic rings. The van der Waals surface area contributed by atoms with Crippen LogP contribution in [-0.4, -0.2) is 6.61 Å². The van der Waals surface area contributed by atoms with Gasteiger partial charge in [0.15, 0.2) is 0 Å². The number of furan rings is 1. The molecule has 0 bridgehead atoms. The Morgan fingerprint density at radius 3 is 3.00 bits per heavy atom. The van der Waals surface area contributed by atoms with Crippen LogP contribution in [0, 0.1) is 6.92 Å². The summed E-state index contributed by atoms with van der Waals surface area (Å²) >= 11 is 0. The summed E-state index contributed by atoms with van der Waals surface area (Å²) in [5, 5.41) is 1.16. The maximum Gasteiger partial charge on any atom is 0.134 e. The minimum atomic E-state index is 0.632. The van der Waals surface area contributed by atoms with E-state index < -0.39 is 0 Å². The second-order valence-corrected chi connectivity index (χ2v) is 3.40. The van der Waals surface area contributed by atoms with Crippen molar-refractivity contribution < 1.29 is 9.15 Å². The van der Waals surface area contributed by atoms with E-state index in [-0.39, 0.29) is 0 Å². The number of hydrogen-bond acceptors (Lipinski definition) is 2. The van der Waals surface area contributed by atoms with E-state index >= 15 is 0 Å². The van der Waals surface area contributed by atoms with Crippen LogP contribution in [0.1, 0.15) is 18.1 Å². The summed E-state index contributed by atoms with van der Waals surface area (Å²) in [6.07, 6.45) is 1.78. The van der Waals surface area contributed by atoms with Gasteiger partial charge in [0.2, 0.25) is 0 Å². The van der Waals surface area contributed by atoms with Gasteiger partial charge in [-0.15, -0.1) is 0 Å². The summed E-state index contributed by atoms with van der Waals surface area (Å²) in [6, 6.07) is 6.22. The minimum absolute atomic E-state index is 0.632. The van der Waals surface area contributed by atoms with Gasteiger partial charge in [-0.25, -0.2) is 0 Å². The molecule has 2 nitrogen and oxygen atoms in total. The summed E-state index contributed by atoms with van der Waals surface area (Å²) in [6.45, 7) is 5.42. The fraction of sp³-hybridized carbons (Fsp3) is 0.333. The summed E-state index contributed by atoms with van der Waals surface area (Å²) in [4.78, 5) is 0. The van der Waals surface area contributed by atoms with Gasteiger partial charge in [0, 0.05) is 17.6 Å². The third-order valence-electron chi connectivity index (χ3n) is 2.27. The predicted molar refractivity (Wildman–Crippen MR) is 56.3 cm³/mol. The number of fused-ring (bicyclic) bond motifs is 1. The Balaban J connectivity index is 2.37. The predicted octanol–water partition coefficient (Wildman–Crippen LogP) is 3.28. The van der Waals surface area contributed by atoms with E-state index in [1.54, 1.807) is 6.26 Å². The molecule has 0 radical (unpaired) electrons.